The molecule has 1 saturated heterocycles. The molecule has 6 nitrogen and oxygen atoms in total. The zero-order valence-electron chi connectivity index (χ0n) is 18.3. The molecule has 2 unspecified atom stereocenters. The van der Waals surface area contributed by atoms with E-state index in [1.165, 1.54) is 18.2 Å². The third kappa shape index (κ3) is 4.54. The third-order valence-corrected chi connectivity index (χ3v) is 7.26. The number of H-pyrrole nitrogens is 1. The molecule has 4 rings (SSSR count). The number of nitrogens with one attached hydrogen (secondary N) is 3. The molecule has 0 spiro atoms. The molecule has 3 heterocycles. The van der Waals surface area contributed by atoms with Gasteiger partial charge in [0.1, 0.15) is 23.2 Å². The number of hydrogen-bond acceptors (Lipinski definition) is 5. The van der Waals surface area contributed by atoms with Gasteiger partial charge in [0.25, 0.3) is 0 Å². The molecule has 32 heavy (non-hydrogen) atoms. The Balaban J connectivity index is 1.86. The molecule has 2 atom stereocenters. The molecule has 0 aliphatic carbocycles. The van der Waals surface area contributed by atoms with Gasteiger partial charge in [0.2, 0.25) is 0 Å². The number of hydrogen-bond donors (Lipinski definition) is 4. The second-order valence-electron chi connectivity index (χ2n) is 8.09. The minimum atomic E-state index is -0.703. The van der Waals surface area contributed by atoms with Crippen molar-refractivity contribution in [1.82, 2.24) is 15.5 Å². The Morgan fingerprint density at radius 2 is 2.03 bits per heavy atom. The molecule has 9 heteroatoms. The number of amidine groups is 1. The van der Waals surface area contributed by atoms with E-state index in [-0.39, 0.29) is 27.9 Å². The van der Waals surface area contributed by atoms with Crippen LogP contribution in [0.2, 0.25) is 0 Å². The van der Waals surface area contributed by atoms with Gasteiger partial charge in [-0.2, -0.15) is 15.6 Å². The van der Waals surface area contributed by atoms with Gasteiger partial charge >= 0.3 is 0 Å². The lowest BCUT2D eigenvalue weighted by Gasteiger charge is -2.21. The highest BCUT2D eigenvalue weighted by Crippen LogP contribution is 2.36. The number of rotatable bonds is 2. The van der Waals surface area contributed by atoms with E-state index in [0.717, 1.165) is 42.2 Å². The van der Waals surface area contributed by atoms with E-state index < -0.39 is 11.6 Å². The van der Waals surface area contributed by atoms with Crippen LogP contribution in [0.5, 0.6) is 0 Å². The zero-order chi connectivity index (χ0) is 22.8. The van der Waals surface area contributed by atoms with Crippen LogP contribution in [0.3, 0.4) is 0 Å². The predicted octanol–water partition coefficient (Wildman–Crippen LogP) is 3.90. The fourth-order valence-electron chi connectivity index (χ4n) is 3.95. The van der Waals surface area contributed by atoms with Gasteiger partial charge in [-0.1, -0.05) is 18.0 Å². The first-order valence-electron chi connectivity index (χ1n) is 10.6. The Bertz CT molecular complexity index is 1110. The van der Waals surface area contributed by atoms with Gasteiger partial charge in [0.05, 0.1) is 22.6 Å². The number of aromatic amines is 1. The smallest absolute Gasteiger partial charge is 0.144 e. The number of halogens is 2. The number of nitrogens with two attached hydrogens (primary N) is 1. The quantitative estimate of drug-likeness (QED) is 0.514. The Labute approximate surface area is 189 Å². The van der Waals surface area contributed by atoms with Crippen LogP contribution < -0.4 is 16.4 Å². The van der Waals surface area contributed by atoms with Gasteiger partial charge in [-0.3, -0.25) is 5.10 Å². The van der Waals surface area contributed by atoms with E-state index in [9.17, 15) is 8.78 Å². The van der Waals surface area contributed by atoms with Gasteiger partial charge in [-0.25, -0.2) is 13.8 Å². The molecule has 2 aromatic rings. The first kappa shape index (κ1) is 22.4. The molecule has 170 valence electrons. The van der Waals surface area contributed by atoms with Crippen molar-refractivity contribution in [3.8, 4) is 0 Å². The summed E-state index contributed by atoms with van der Waals surface area (Å²) < 4.78 is 29.2. The van der Waals surface area contributed by atoms with Crippen molar-refractivity contribution in [3.05, 3.63) is 64.3 Å². The summed E-state index contributed by atoms with van der Waals surface area (Å²) in [5.41, 5.74) is 9.60. The SMILES string of the molecule is C=S1CCCC(/C=C2\C(=C(\C)N)N=C(c3c(F)cccc3F)Nc3c2n[nH]c3C)NCC1. The van der Waals surface area contributed by atoms with Crippen LogP contribution in [0.4, 0.5) is 14.5 Å². The summed E-state index contributed by atoms with van der Waals surface area (Å²) in [5, 5.41) is 14.1. The molecule has 5 N–H and O–H groups in total. The van der Waals surface area contributed by atoms with Crippen molar-refractivity contribution >= 4 is 33.5 Å². The fraction of sp³-hybridized carbons (Fsp3) is 0.348. The highest BCUT2D eigenvalue weighted by Gasteiger charge is 2.28. The Hall–Kier alpha value is -2.78. The lowest BCUT2D eigenvalue weighted by molar-refractivity contribution is 0.565. The molecule has 1 fully saturated rings. The van der Waals surface area contributed by atoms with Gasteiger partial charge in [-0.05, 0) is 44.6 Å². The normalized spacial score (nSPS) is 24.6. The van der Waals surface area contributed by atoms with Gasteiger partial charge < -0.3 is 16.4 Å². The number of allylic oxidation sites excluding steroid dienone is 2. The molecule has 1 aromatic carbocycles. The monoisotopic (exact) mass is 458 g/mol. The summed E-state index contributed by atoms with van der Waals surface area (Å²) in [5.74, 6) is 5.03. The minimum Gasteiger partial charge on any atom is -0.401 e. The summed E-state index contributed by atoms with van der Waals surface area (Å²) in [6.07, 6.45) is 4.10. The Morgan fingerprint density at radius 3 is 2.75 bits per heavy atom. The van der Waals surface area contributed by atoms with Crippen molar-refractivity contribution in [2.24, 2.45) is 10.7 Å². The fourth-order valence-corrected chi connectivity index (χ4v) is 5.14. The predicted molar refractivity (Wildman–Crippen MR) is 130 cm³/mol. The van der Waals surface area contributed by atoms with E-state index in [1.807, 2.05) is 6.92 Å². The van der Waals surface area contributed by atoms with Gasteiger partial charge in [0.15, 0.2) is 0 Å². The Morgan fingerprint density at radius 1 is 1.28 bits per heavy atom. The van der Waals surface area contributed by atoms with Crippen LogP contribution in [0, 0.1) is 18.6 Å². The molecule has 0 saturated carbocycles. The van der Waals surface area contributed by atoms with Crippen LogP contribution in [0.1, 0.15) is 36.7 Å². The summed E-state index contributed by atoms with van der Waals surface area (Å²) >= 11 is 0. The van der Waals surface area contributed by atoms with Crippen molar-refractivity contribution in [2.75, 3.05) is 23.4 Å². The summed E-state index contributed by atoms with van der Waals surface area (Å²) in [6.45, 7) is 4.45. The third-order valence-electron chi connectivity index (χ3n) is 5.61. The number of anilines is 1. The van der Waals surface area contributed by atoms with Gasteiger partial charge in [0, 0.05) is 29.6 Å². The van der Waals surface area contributed by atoms with E-state index in [1.54, 1.807) is 6.92 Å². The first-order chi connectivity index (χ1) is 15.3. The summed E-state index contributed by atoms with van der Waals surface area (Å²) in [4.78, 5) is 4.62. The highest BCUT2D eigenvalue weighted by atomic mass is 32.2. The van der Waals surface area contributed by atoms with E-state index in [4.69, 9.17) is 5.73 Å². The largest absolute Gasteiger partial charge is 0.401 e. The standard InChI is InChI=1S/C23H28F2N6S/c1-13(26)20-16(12-15-6-5-10-32(3)11-9-27-15)22-21(14(2)30-31-22)29-23(28-20)19-17(24)7-4-8-18(19)25/h4,7-8,12,15,27H,3,5-6,9-11,26H2,1-2H3,(H,28,29)(H,30,31)/b16-12+,20-13+. The molecule has 2 aliphatic rings. The van der Waals surface area contributed by atoms with E-state index in [2.05, 4.69) is 37.8 Å². The van der Waals surface area contributed by atoms with Crippen LogP contribution in [-0.2, 0) is 0 Å². The number of nitrogens with zero attached hydrogens (tertiary/aromatic N) is 2. The number of benzene rings is 1. The van der Waals surface area contributed by atoms with Crippen molar-refractivity contribution in [3.63, 3.8) is 0 Å². The number of aliphatic imine (C=N–C) groups is 1. The molecule has 0 amide bonds. The molecule has 1 aromatic heterocycles. The second kappa shape index (κ2) is 9.38. The first-order valence-corrected chi connectivity index (χ1v) is 12.3. The van der Waals surface area contributed by atoms with Crippen molar-refractivity contribution in [2.45, 2.75) is 32.7 Å². The minimum absolute atomic E-state index is 0.0567. The molecule has 0 radical (unpaired) electrons. The van der Waals surface area contributed by atoms with Crippen molar-refractivity contribution < 1.29 is 8.78 Å². The lowest BCUT2D eigenvalue weighted by Crippen LogP contribution is -2.31. The number of aryl methyl sites for hydroxylation is 1. The average Bonchev–Trinajstić information content (AvgIpc) is 2.99. The van der Waals surface area contributed by atoms with E-state index >= 15 is 0 Å². The number of fused-ring (bicyclic) bond motifs is 1. The lowest BCUT2D eigenvalue weighted by atomic mass is 10.0. The second-order valence-corrected chi connectivity index (χ2v) is 10.1. The molecular weight excluding hydrogens is 430 g/mol. The molecule has 2 aliphatic heterocycles. The highest BCUT2D eigenvalue weighted by molar-refractivity contribution is 8.14. The van der Waals surface area contributed by atoms with Gasteiger partial charge in [-0.15, -0.1) is 0 Å². The topological polar surface area (TPSA) is 91.1 Å². The molecular formula is C23H28F2N6S. The maximum absolute atomic E-state index is 14.6. The van der Waals surface area contributed by atoms with Crippen LogP contribution in [-0.4, -0.2) is 46.0 Å². The molecule has 0 bridgehead atoms. The maximum Gasteiger partial charge on any atom is 0.144 e. The maximum atomic E-state index is 14.6. The van der Waals surface area contributed by atoms with E-state index in [0.29, 0.717) is 22.8 Å². The van der Waals surface area contributed by atoms with Crippen LogP contribution in [0.25, 0.3) is 5.57 Å². The summed E-state index contributed by atoms with van der Waals surface area (Å²) in [7, 11) is 0.196. The number of aromatic nitrogens is 2. The average molecular weight is 459 g/mol. The summed E-state index contributed by atoms with van der Waals surface area (Å²) in [6, 6.07) is 3.85. The van der Waals surface area contributed by atoms with Crippen LogP contribution >= 0.6 is 10.5 Å². The van der Waals surface area contributed by atoms with Crippen LogP contribution in [0.15, 0.2) is 40.7 Å². The Kier molecular flexibility index (Phi) is 6.57. The van der Waals surface area contributed by atoms with Crippen molar-refractivity contribution in [1.29, 1.82) is 0 Å². The zero-order valence-corrected chi connectivity index (χ0v) is 19.1.